The molecule has 0 bridgehead atoms. The lowest BCUT2D eigenvalue weighted by Crippen LogP contribution is -2.00. The molecular formula is C8H17N. The van der Waals surface area contributed by atoms with Crippen molar-refractivity contribution in [1.82, 2.24) is 5.32 Å². The molecule has 0 amide bonds. The molecule has 0 aromatic rings. The summed E-state index contributed by atoms with van der Waals surface area (Å²) in [6.45, 7) is 5.88. The minimum Gasteiger partial charge on any atom is -0.311 e. The summed E-state index contributed by atoms with van der Waals surface area (Å²) in [5.41, 5.74) is 0. The van der Waals surface area contributed by atoms with E-state index < -0.39 is 0 Å². The SMILES string of the molecule is CCCC(C)CC1CN1. The fraction of sp³-hybridized carbons (Fsp3) is 1.00. The van der Waals surface area contributed by atoms with E-state index in [9.17, 15) is 0 Å². The molecule has 0 spiro atoms. The molecule has 1 aliphatic rings. The molecule has 1 fully saturated rings. The Kier molecular flexibility index (Phi) is 2.52. The quantitative estimate of drug-likeness (QED) is 0.571. The van der Waals surface area contributed by atoms with Crippen molar-refractivity contribution in [3.63, 3.8) is 0 Å². The Hall–Kier alpha value is -0.0400. The van der Waals surface area contributed by atoms with E-state index in [2.05, 4.69) is 19.2 Å². The molecule has 2 atom stereocenters. The van der Waals surface area contributed by atoms with E-state index in [1.165, 1.54) is 25.8 Å². The molecule has 1 nitrogen and oxygen atoms in total. The van der Waals surface area contributed by atoms with Crippen molar-refractivity contribution in [3.8, 4) is 0 Å². The minimum absolute atomic E-state index is 0.881. The van der Waals surface area contributed by atoms with Gasteiger partial charge in [0.15, 0.2) is 0 Å². The highest BCUT2D eigenvalue weighted by Crippen LogP contribution is 2.16. The fourth-order valence-electron chi connectivity index (χ4n) is 1.35. The summed E-state index contributed by atoms with van der Waals surface area (Å²) in [6, 6.07) is 0.881. The van der Waals surface area contributed by atoms with E-state index in [0.717, 1.165) is 12.0 Å². The fourth-order valence-corrected chi connectivity index (χ4v) is 1.35. The number of nitrogens with one attached hydrogen (secondary N) is 1. The van der Waals surface area contributed by atoms with Gasteiger partial charge < -0.3 is 5.32 Å². The zero-order chi connectivity index (χ0) is 6.69. The molecule has 1 N–H and O–H groups in total. The van der Waals surface area contributed by atoms with Crippen molar-refractivity contribution in [3.05, 3.63) is 0 Å². The van der Waals surface area contributed by atoms with Crippen LogP contribution < -0.4 is 5.32 Å². The Morgan fingerprint density at radius 3 is 2.78 bits per heavy atom. The molecule has 1 saturated heterocycles. The van der Waals surface area contributed by atoms with Gasteiger partial charge >= 0.3 is 0 Å². The molecule has 0 radical (unpaired) electrons. The van der Waals surface area contributed by atoms with Crippen LogP contribution in [0.5, 0.6) is 0 Å². The van der Waals surface area contributed by atoms with Crippen LogP contribution in [0.15, 0.2) is 0 Å². The summed E-state index contributed by atoms with van der Waals surface area (Å²) >= 11 is 0. The Labute approximate surface area is 57.8 Å². The third-order valence-electron chi connectivity index (χ3n) is 1.96. The maximum Gasteiger partial charge on any atom is 0.0195 e. The van der Waals surface area contributed by atoms with Crippen molar-refractivity contribution in [2.24, 2.45) is 5.92 Å². The highest BCUT2D eigenvalue weighted by molar-refractivity contribution is 4.84. The molecule has 1 heteroatoms. The molecule has 0 aliphatic carbocycles. The normalized spacial score (nSPS) is 28.0. The first kappa shape index (κ1) is 7.07. The van der Waals surface area contributed by atoms with Crippen LogP contribution in [0, 0.1) is 5.92 Å². The average molecular weight is 127 g/mol. The first-order valence-corrected chi connectivity index (χ1v) is 4.06. The monoisotopic (exact) mass is 127 g/mol. The van der Waals surface area contributed by atoms with Crippen LogP contribution in [0.3, 0.4) is 0 Å². The van der Waals surface area contributed by atoms with Crippen LogP contribution >= 0.6 is 0 Å². The van der Waals surface area contributed by atoms with E-state index in [1.54, 1.807) is 0 Å². The lowest BCUT2D eigenvalue weighted by atomic mass is 10.0. The molecule has 1 heterocycles. The van der Waals surface area contributed by atoms with Crippen molar-refractivity contribution in [2.75, 3.05) is 6.54 Å². The van der Waals surface area contributed by atoms with Gasteiger partial charge in [-0.15, -0.1) is 0 Å². The molecule has 0 saturated carbocycles. The van der Waals surface area contributed by atoms with E-state index in [1.807, 2.05) is 0 Å². The molecule has 54 valence electrons. The van der Waals surface area contributed by atoms with E-state index in [0.29, 0.717) is 0 Å². The van der Waals surface area contributed by atoms with Crippen LogP contribution in [0.2, 0.25) is 0 Å². The van der Waals surface area contributed by atoms with Crippen molar-refractivity contribution >= 4 is 0 Å². The van der Waals surface area contributed by atoms with Crippen LogP contribution in [0.1, 0.15) is 33.1 Å². The van der Waals surface area contributed by atoms with Gasteiger partial charge in [0.25, 0.3) is 0 Å². The highest BCUT2D eigenvalue weighted by atomic mass is 15.1. The number of hydrogen-bond acceptors (Lipinski definition) is 1. The third-order valence-corrected chi connectivity index (χ3v) is 1.96. The Morgan fingerprint density at radius 2 is 2.33 bits per heavy atom. The Balaban J connectivity index is 1.95. The topological polar surface area (TPSA) is 21.9 Å². The maximum atomic E-state index is 3.32. The van der Waals surface area contributed by atoms with Gasteiger partial charge in [0.2, 0.25) is 0 Å². The van der Waals surface area contributed by atoms with Gasteiger partial charge in [0, 0.05) is 12.6 Å². The number of hydrogen-bond donors (Lipinski definition) is 1. The van der Waals surface area contributed by atoms with Crippen molar-refractivity contribution in [2.45, 2.75) is 39.2 Å². The minimum atomic E-state index is 0.881. The van der Waals surface area contributed by atoms with Gasteiger partial charge in [-0.05, 0) is 12.3 Å². The lowest BCUT2D eigenvalue weighted by molar-refractivity contribution is 0.483. The van der Waals surface area contributed by atoms with Gasteiger partial charge in [-0.2, -0.15) is 0 Å². The molecule has 1 aliphatic heterocycles. The summed E-state index contributed by atoms with van der Waals surface area (Å²) in [4.78, 5) is 0. The zero-order valence-electron chi connectivity index (χ0n) is 6.48. The first-order valence-electron chi connectivity index (χ1n) is 4.06. The van der Waals surface area contributed by atoms with E-state index in [-0.39, 0.29) is 0 Å². The lowest BCUT2D eigenvalue weighted by Gasteiger charge is -2.06. The van der Waals surface area contributed by atoms with E-state index >= 15 is 0 Å². The smallest absolute Gasteiger partial charge is 0.0195 e. The second-order valence-corrected chi connectivity index (χ2v) is 3.23. The van der Waals surface area contributed by atoms with Gasteiger partial charge in [-0.3, -0.25) is 0 Å². The molecule has 9 heavy (non-hydrogen) atoms. The predicted molar refractivity (Wildman–Crippen MR) is 40.5 cm³/mol. The summed E-state index contributed by atoms with van der Waals surface area (Å²) < 4.78 is 0. The van der Waals surface area contributed by atoms with Crippen molar-refractivity contribution in [1.29, 1.82) is 0 Å². The third kappa shape index (κ3) is 2.85. The Morgan fingerprint density at radius 1 is 1.67 bits per heavy atom. The zero-order valence-corrected chi connectivity index (χ0v) is 6.48. The van der Waals surface area contributed by atoms with Crippen LogP contribution in [-0.4, -0.2) is 12.6 Å². The average Bonchev–Trinajstić information content (AvgIpc) is 2.50. The second-order valence-electron chi connectivity index (χ2n) is 3.23. The maximum absolute atomic E-state index is 3.32. The molecule has 0 aromatic carbocycles. The van der Waals surface area contributed by atoms with Gasteiger partial charge in [0.1, 0.15) is 0 Å². The summed E-state index contributed by atoms with van der Waals surface area (Å²) in [5.74, 6) is 0.940. The van der Waals surface area contributed by atoms with Crippen LogP contribution in [0.25, 0.3) is 0 Å². The molecule has 1 rings (SSSR count). The van der Waals surface area contributed by atoms with Crippen LogP contribution in [0.4, 0.5) is 0 Å². The first-order chi connectivity index (χ1) is 4.33. The predicted octanol–water partition coefficient (Wildman–Crippen LogP) is 1.78. The van der Waals surface area contributed by atoms with Gasteiger partial charge in [-0.25, -0.2) is 0 Å². The largest absolute Gasteiger partial charge is 0.311 e. The number of rotatable bonds is 4. The van der Waals surface area contributed by atoms with E-state index in [4.69, 9.17) is 0 Å². The van der Waals surface area contributed by atoms with Crippen LogP contribution in [-0.2, 0) is 0 Å². The summed E-state index contributed by atoms with van der Waals surface area (Å²) in [7, 11) is 0. The summed E-state index contributed by atoms with van der Waals surface area (Å²) in [6.07, 6.45) is 4.14. The highest BCUT2D eigenvalue weighted by Gasteiger charge is 2.21. The Bertz CT molecular complexity index is 76.6. The van der Waals surface area contributed by atoms with Gasteiger partial charge in [0.05, 0.1) is 0 Å². The molecule has 2 unspecified atom stereocenters. The summed E-state index contributed by atoms with van der Waals surface area (Å²) in [5, 5.41) is 3.32. The standard InChI is InChI=1S/C8H17N/c1-3-4-7(2)5-8-6-9-8/h7-9H,3-6H2,1-2H3. The molecule has 0 aromatic heterocycles. The molecular weight excluding hydrogens is 110 g/mol. The van der Waals surface area contributed by atoms with Crippen molar-refractivity contribution < 1.29 is 0 Å². The van der Waals surface area contributed by atoms with Gasteiger partial charge in [-0.1, -0.05) is 26.7 Å². The second kappa shape index (κ2) is 3.21.